The molecule has 0 radical (unpaired) electrons. The van der Waals surface area contributed by atoms with E-state index in [0.29, 0.717) is 11.6 Å². The lowest BCUT2D eigenvalue weighted by Gasteiger charge is -2.17. The van der Waals surface area contributed by atoms with Crippen molar-refractivity contribution in [3.8, 4) is 11.5 Å². The van der Waals surface area contributed by atoms with Gasteiger partial charge in [0.15, 0.2) is 10.6 Å². The third-order valence-electron chi connectivity index (χ3n) is 5.56. The first-order valence-corrected chi connectivity index (χ1v) is 11.8. The van der Waals surface area contributed by atoms with Crippen LogP contribution < -0.4 is 4.80 Å². The molecule has 2 heterocycles. The summed E-state index contributed by atoms with van der Waals surface area (Å²) in [6.45, 7) is 6.65. The molecule has 1 unspecified atom stereocenters. The van der Waals surface area contributed by atoms with Crippen molar-refractivity contribution in [2.24, 2.45) is 10.9 Å². The van der Waals surface area contributed by atoms with E-state index in [1.54, 1.807) is 18.2 Å². The minimum atomic E-state index is -0.386. The number of aromatic nitrogens is 1. The summed E-state index contributed by atoms with van der Waals surface area (Å²) in [6, 6.07) is 16.8. The third kappa shape index (κ3) is 4.67. The smallest absolute Gasteiger partial charge is 0.294 e. The molecule has 0 bridgehead atoms. The van der Waals surface area contributed by atoms with E-state index in [2.05, 4.69) is 25.3 Å². The molecule has 166 valence electrons. The summed E-state index contributed by atoms with van der Waals surface area (Å²) in [5.74, 6) is 1.43. The van der Waals surface area contributed by atoms with Crippen molar-refractivity contribution in [2.75, 3.05) is 0 Å². The van der Waals surface area contributed by atoms with E-state index in [1.165, 1.54) is 17.4 Å². The molecular weight excluding hydrogens is 422 g/mol. The molecule has 32 heavy (non-hydrogen) atoms. The van der Waals surface area contributed by atoms with E-state index >= 15 is 0 Å². The Kier molecular flexibility index (Phi) is 6.55. The quantitative estimate of drug-likeness (QED) is 0.207. The number of thiazole rings is 1. The highest BCUT2D eigenvalue weighted by Gasteiger charge is 2.19. The molecule has 1 atom stereocenters. The monoisotopic (exact) mass is 449 g/mol. The minimum absolute atomic E-state index is 0.00481. The van der Waals surface area contributed by atoms with Crippen LogP contribution in [0.25, 0.3) is 22.4 Å². The lowest BCUT2D eigenvalue weighted by molar-refractivity contribution is -0.384. The van der Waals surface area contributed by atoms with Gasteiger partial charge in [-0.1, -0.05) is 57.0 Å². The molecule has 0 N–H and O–H groups in total. The molecule has 0 fully saturated rings. The fraction of sp³-hybridized carbons (Fsp3) is 0.320. The first kappa shape index (κ1) is 22.0. The Morgan fingerprint density at radius 3 is 2.59 bits per heavy atom. The molecule has 2 aromatic carbocycles. The average Bonchev–Trinajstić information content (AvgIpc) is 3.37. The molecule has 0 spiro atoms. The number of benzene rings is 2. The maximum absolute atomic E-state index is 11.5. The molecule has 4 rings (SSSR count). The number of para-hydroxylation sites is 3. The average molecular weight is 450 g/mol. The lowest BCUT2D eigenvalue weighted by atomic mass is 10.0. The first-order chi connectivity index (χ1) is 15.4. The Balaban J connectivity index is 1.83. The SMILES string of the molecule is CC(C)CCCC(C)n1c(-c2cc3ccccc3o2)csc1=Nc1ccccc1[N+](=O)[O-]. The van der Waals surface area contributed by atoms with Crippen molar-refractivity contribution in [2.45, 2.75) is 46.1 Å². The molecular formula is C25H27N3O3S. The number of rotatable bonds is 8. The van der Waals surface area contributed by atoms with Crippen LogP contribution in [0.15, 0.2) is 69.4 Å². The van der Waals surface area contributed by atoms with E-state index in [0.717, 1.165) is 46.5 Å². The zero-order valence-electron chi connectivity index (χ0n) is 18.5. The lowest BCUT2D eigenvalue weighted by Crippen LogP contribution is -2.20. The van der Waals surface area contributed by atoms with Crippen molar-refractivity contribution < 1.29 is 9.34 Å². The van der Waals surface area contributed by atoms with Crippen LogP contribution >= 0.6 is 11.3 Å². The van der Waals surface area contributed by atoms with E-state index in [-0.39, 0.29) is 16.7 Å². The van der Waals surface area contributed by atoms with Gasteiger partial charge in [-0.3, -0.25) is 10.1 Å². The third-order valence-corrected chi connectivity index (χ3v) is 6.40. The van der Waals surface area contributed by atoms with E-state index < -0.39 is 0 Å². The molecule has 6 nitrogen and oxygen atoms in total. The molecule has 0 saturated carbocycles. The highest BCUT2D eigenvalue weighted by atomic mass is 32.1. The summed E-state index contributed by atoms with van der Waals surface area (Å²) in [5, 5.41) is 14.6. The van der Waals surface area contributed by atoms with E-state index in [9.17, 15) is 10.1 Å². The molecule has 0 saturated heterocycles. The number of furan rings is 1. The Hall–Kier alpha value is -3.19. The first-order valence-electron chi connectivity index (χ1n) is 10.9. The molecule has 7 heteroatoms. The highest BCUT2D eigenvalue weighted by Crippen LogP contribution is 2.32. The number of nitro groups is 1. The van der Waals surface area contributed by atoms with Crippen LogP contribution in [0, 0.1) is 16.0 Å². The topological polar surface area (TPSA) is 73.6 Å². The predicted octanol–water partition coefficient (Wildman–Crippen LogP) is 7.49. The second-order valence-corrected chi connectivity index (χ2v) is 9.29. The van der Waals surface area contributed by atoms with Gasteiger partial charge >= 0.3 is 0 Å². The van der Waals surface area contributed by atoms with Crippen LogP contribution in [-0.4, -0.2) is 9.49 Å². The van der Waals surface area contributed by atoms with Gasteiger partial charge in [0, 0.05) is 22.9 Å². The predicted molar refractivity (Wildman–Crippen MR) is 129 cm³/mol. The standard InChI is InChI=1S/C25H27N3O3S/c1-17(2)9-8-10-18(3)27-22(24-15-19-11-4-7-14-23(19)31-24)16-32-25(27)26-20-12-5-6-13-21(20)28(29)30/h4-7,11-18H,8-10H2,1-3H3. The maximum atomic E-state index is 11.5. The number of nitrogens with zero attached hydrogens (tertiary/aromatic N) is 3. The largest absolute Gasteiger partial charge is 0.454 e. The van der Waals surface area contributed by atoms with Gasteiger partial charge in [0.05, 0.1) is 10.6 Å². The fourth-order valence-corrected chi connectivity index (χ4v) is 4.87. The van der Waals surface area contributed by atoms with Gasteiger partial charge in [-0.05, 0) is 37.5 Å². The zero-order chi connectivity index (χ0) is 22.7. The van der Waals surface area contributed by atoms with Crippen LogP contribution in [0.4, 0.5) is 11.4 Å². The molecule has 0 aliphatic heterocycles. The van der Waals surface area contributed by atoms with E-state index in [1.807, 2.05) is 35.7 Å². The normalized spacial score (nSPS) is 13.2. The summed E-state index contributed by atoms with van der Waals surface area (Å²) in [5.41, 5.74) is 2.15. The summed E-state index contributed by atoms with van der Waals surface area (Å²) in [4.78, 5) is 16.6. The summed E-state index contributed by atoms with van der Waals surface area (Å²) in [7, 11) is 0. The summed E-state index contributed by atoms with van der Waals surface area (Å²) in [6.07, 6.45) is 3.25. The summed E-state index contributed by atoms with van der Waals surface area (Å²) >= 11 is 1.48. The van der Waals surface area contributed by atoms with Gasteiger partial charge in [-0.25, -0.2) is 4.99 Å². The van der Waals surface area contributed by atoms with Crippen molar-refractivity contribution in [1.29, 1.82) is 0 Å². The molecule has 0 aliphatic rings. The summed E-state index contributed by atoms with van der Waals surface area (Å²) < 4.78 is 8.32. The molecule has 4 aromatic rings. The maximum Gasteiger partial charge on any atom is 0.294 e. The minimum Gasteiger partial charge on any atom is -0.454 e. The van der Waals surface area contributed by atoms with Crippen molar-refractivity contribution in [1.82, 2.24) is 4.57 Å². The van der Waals surface area contributed by atoms with Gasteiger partial charge < -0.3 is 8.98 Å². The van der Waals surface area contributed by atoms with Crippen LogP contribution in [0.5, 0.6) is 0 Å². The van der Waals surface area contributed by atoms with Gasteiger partial charge in [0.2, 0.25) is 0 Å². The molecule has 0 aliphatic carbocycles. The van der Waals surface area contributed by atoms with E-state index in [4.69, 9.17) is 9.41 Å². The fourth-order valence-electron chi connectivity index (χ4n) is 3.88. The van der Waals surface area contributed by atoms with Crippen LogP contribution in [0.1, 0.15) is 46.1 Å². The Labute approximate surface area is 191 Å². The van der Waals surface area contributed by atoms with Crippen molar-refractivity contribution in [3.05, 3.63) is 74.9 Å². The highest BCUT2D eigenvalue weighted by molar-refractivity contribution is 7.07. The van der Waals surface area contributed by atoms with Crippen LogP contribution in [-0.2, 0) is 0 Å². The van der Waals surface area contributed by atoms with Crippen molar-refractivity contribution >= 4 is 33.7 Å². The van der Waals surface area contributed by atoms with Gasteiger partial charge in [-0.2, -0.15) is 0 Å². The van der Waals surface area contributed by atoms with Crippen LogP contribution in [0.2, 0.25) is 0 Å². The molecule has 0 amide bonds. The van der Waals surface area contributed by atoms with Crippen molar-refractivity contribution in [3.63, 3.8) is 0 Å². The number of nitro benzene ring substituents is 1. The van der Waals surface area contributed by atoms with Gasteiger partial charge in [0.25, 0.3) is 5.69 Å². The Bertz CT molecular complexity index is 1270. The number of hydrogen-bond acceptors (Lipinski definition) is 5. The Morgan fingerprint density at radius 1 is 1.09 bits per heavy atom. The number of hydrogen-bond donors (Lipinski definition) is 0. The van der Waals surface area contributed by atoms with Gasteiger partial charge in [-0.15, -0.1) is 11.3 Å². The second-order valence-electron chi connectivity index (χ2n) is 8.45. The Morgan fingerprint density at radius 2 is 1.84 bits per heavy atom. The number of fused-ring (bicyclic) bond motifs is 1. The van der Waals surface area contributed by atoms with Gasteiger partial charge in [0.1, 0.15) is 11.3 Å². The second kappa shape index (κ2) is 9.53. The molecule has 2 aromatic heterocycles. The zero-order valence-corrected chi connectivity index (χ0v) is 19.3. The van der Waals surface area contributed by atoms with Crippen LogP contribution in [0.3, 0.4) is 0 Å².